The highest BCUT2D eigenvalue weighted by Gasteiger charge is 2.18. The molecule has 1 aliphatic rings. The third kappa shape index (κ3) is 3.50. The highest BCUT2D eigenvalue weighted by molar-refractivity contribution is 5.84. The summed E-state index contributed by atoms with van der Waals surface area (Å²) >= 11 is 0. The lowest BCUT2D eigenvalue weighted by molar-refractivity contribution is -0.123. The monoisotopic (exact) mass is 336 g/mol. The zero-order valence-electron chi connectivity index (χ0n) is 14.0. The van der Waals surface area contributed by atoms with E-state index in [0.717, 1.165) is 35.1 Å². The van der Waals surface area contributed by atoms with Gasteiger partial charge in [-0.15, -0.1) is 0 Å². The minimum absolute atomic E-state index is 0.00334. The third-order valence-corrected chi connectivity index (χ3v) is 4.54. The van der Waals surface area contributed by atoms with Gasteiger partial charge in [0, 0.05) is 36.3 Å². The summed E-state index contributed by atoms with van der Waals surface area (Å²) < 4.78 is 11.6. The van der Waals surface area contributed by atoms with Gasteiger partial charge in [-0.3, -0.25) is 9.78 Å². The molecular formula is C20H20N2O3. The Labute approximate surface area is 146 Å². The van der Waals surface area contributed by atoms with Crippen LogP contribution in [0.15, 0.2) is 47.1 Å². The van der Waals surface area contributed by atoms with E-state index in [0.29, 0.717) is 12.3 Å². The molecule has 128 valence electrons. The van der Waals surface area contributed by atoms with Crippen molar-refractivity contribution in [1.29, 1.82) is 0 Å². The van der Waals surface area contributed by atoms with Crippen molar-refractivity contribution in [2.45, 2.75) is 32.2 Å². The number of benzene rings is 1. The number of nitrogens with zero attached hydrogens (tertiary/aromatic N) is 1. The number of hydrogen-bond donors (Lipinski definition) is 1. The van der Waals surface area contributed by atoms with E-state index in [1.54, 1.807) is 12.4 Å². The Balaban J connectivity index is 1.38. The van der Waals surface area contributed by atoms with Crippen LogP contribution in [0.2, 0.25) is 0 Å². The first-order valence-corrected chi connectivity index (χ1v) is 8.62. The Hall–Kier alpha value is -2.82. The number of furan rings is 1. The number of carbonyl (C=O) groups is 1. The molecule has 4 rings (SSSR count). The van der Waals surface area contributed by atoms with Crippen LogP contribution in [0.1, 0.15) is 29.7 Å². The zero-order chi connectivity index (χ0) is 17.1. The lowest BCUT2D eigenvalue weighted by atomic mass is 9.96. The molecule has 1 N–H and O–H groups in total. The van der Waals surface area contributed by atoms with Crippen molar-refractivity contribution in [1.82, 2.24) is 10.3 Å². The predicted molar refractivity (Wildman–Crippen MR) is 94.4 cm³/mol. The molecule has 0 spiro atoms. The summed E-state index contributed by atoms with van der Waals surface area (Å²) in [6.07, 6.45) is 7.87. The zero-order valence-corrected chi connectivity index (χ0v) is 14.0. The van der Waals surface area contributed by atoms with Gasteiger partial charge in [0.2, 0.25) is 0 Å². The van der Waals surface area contributed by atoms with Crippen LogP contribution >= 0.6 is 0 Å². The fourth-order valence-electron chi connectivity index (χ4n) is 3.23. The third-order valence-electron chi connectivity index (χ3n) is 4.54. The van der Waals surface area contributed by atoms with E-state index in [1.807, 2.05) is 30.3 Å². The highest BCUT2D eigenvalue weighted by atomic mass is 16.5. The van der Waals surface area contributed by atoms with Crippen LogP contribution in [0.3, 0.4) is 0 Å². The summed E-state index contributed by atoms with van der Waals surface area (Å²) in [6.45, 7) is 0.468. The molecule has 0 bridgehead atoms. The maximum Gasteiger partial charge on any atom is 0.258 e. The first-order valence-electron chi connectivity index (χ1n) is 8.62. The second kappa shape index (κ2) is 6.97. The quantitative estimate of drug-likeness (QED) is 0.775. The molecule has 2 aromatic heterocycles. The molecule has 25 heavy (non-hydrogen) atoms. The van der Waals surface area contributed by atoms with Crippen LogP contribution < -0.4 is 10.1 Å². The van der Waals surface area contributed by atoms with Crippen LogP contribution in [0.4, 0.5) is 0 Å². The second-order valence-corrected chi connectivity index (χ2v) is 6.29. The Bertz CT molecular complexity index is 887. The molecule has 1 aromatic carbocycles. The summed E-state index contributed by atoms with van der Waals surface area (Å²) in [5.41, 5.74) is 3.21. The van der Waals surface area contributed by atoms with Crippen molar-refractivity contribution in [3.63, 3.8) is 0 Å². The van der Waals surface area contributed by atoms with Crippen LogP contribution in [0.25, 0.3) is 11.0 Å². The van der Waals surface area contributed by atoms with Crippen molar-refractivity contribution in [3.8, 4) is 5.75 Å². The molecule has 0 aliphatic heterocycles. The Morgan fingerprint density at radius 3 is 2.88 bits per heavy atom. The van der Waals surface area contributed by atoms with Crippen LogP contribution in [0, 0.1) is 0 Å². The molecule has 0 saturated carbocycles. The minimum atomic E-state index is -0.147. The van der Waals surface area contributed by atoms with Gasteiger partial charge in [0.1, 0.15) is 17.1 Å². The molecule has 3 aromatic rings. The largest absolute Gasteiger partial charge is 0.484 e. The van der Waals surface area contributed by atoms with Gasteiger partial charge in [-0.1, -0.05) is 0 Å². The second-order valence-electron chi connectivity index (χ2n) is 6.29. The van der Waals surface area contributed by atoms with E-state index in [-0.39, 0.29) is 12.5 Å². The smallest absolute Gasteiger partial charge is 0.258 e. The fourth-order valence-corrected chi connectivity index (χ4v) is 3.23. The van der Waals surface area contributed by atoms with Gasteiger partial charge in [-0.05, 0) is 55.2 Å². The number of amides is 1. The number of aryl methyl sites for hydroxylation is 2. The Morgan fingerprint density at radius 2 is 2.00 bits per heavy atom. The van der Waals surface area contributed by atoms with Crippen molar-refractivity contribution in [3.05, 3.63) is 59.6 Å². The minimum Gasteiger partial charge on any atom is -0.484 e. The van der Waals surface area contributed by atoms with Gasteiger partial charge >= 0.3 is 0 Å². The average molecular weight is 336 g/mol. The SMILES string of the molecule is O=C(COc1ccc2oc3c(c2c1)CCCC3)NCc1ccncc1. The van der Waals surface area contributed by atoms with E-state index in [2.05, 4.69) is 10.3 Å². The number of hydrogen-bond acceptors (Lipinski definition) is 4. The summed E-state index contributed by atoms with van der Waals surface area (Å²) in [7, 11) is 0. The summed E-state index contributed by atoms with van der Waals surface area (Å²) in [5.74, 6) is 1.65. The van der Waals surface area contributed by atoms with E-state index < -0.39 is 0 Å². The molecule has 1 amide bonds. The van der Waals surface area contributed by atoms with Gasteiger partial charge in [0.05, 0.1) is 0 Å². The Morgan fingerprint density at radius 1 is 1.16 bits per heavy atom. The van der Waals surface area contributed by atoms with Gasteiger partial charge in [-0.25, -0.2) is 0 Å². The van der Waals surface area contributed by atoms with Gasteiger partial charge in [-0.2, -0.15) is 0 Å². The van der Waals surface area contributed by atoms with Crippen LogP contribution in [-0.4, -0.2) is 17.5 Å². The lowest BCUT2D eigenvalue weighted by Gasteiger charge is -2.09. The van der Waals surface area contributed by atoms with Crippen molar-refractivity contribution in [2.24, 2.45) is 0 Å². The number of nitrogens with one attached hydrogen (secondary N) is 1. The van der Waals surface area contributed by atoms with Crippen molar-refractivity contribution in [2.75, 3.05) is 6.61 Å². The first kappa shape index (κ1) is 15.7. The van der Waals surface area contributed by atoms with Crippen LogP contribution in [-0.2, 0) is 24.2 Å². The highest BCUT2D eigenvalue weighted by Crippen LogP contribution is 2.33. The van der Waals surface area contributed by atoms with E-state index in [4.69, 9.17) is 9.15 Å². The molecule has 0 saturated heterocycles. The topological polar surface area (TPSA) is 64.4 Å². The van der Waals surface area contributed by atoms with Crippen molar-refractivity contribution >= 4 is 16.9 Å². The molecule has 2 heterocycles. The summed E-state index contributed by atoms with van der Waals surface area (Å²) in [4.78, 5) is 15.9. The summed E-state index contributed by atoms with van der Waals surface area (Å²) in [6, 6.07) is 9.51. The maximum atomic E-state index is 12.0. The van der Waals surface area contributed by atoms with E-state index in [9.17, 15) is 4.79 Å². The number of fused-ring (bicyclic) bond motifs is 3. The lowest BCUT2D eigenvalue weighted by Crippen LogP contribution is -2.28. The van der Waals surface area contributed by atoms with Crippen LogP contribution in [0.5, 0.6) is 5.75 Å². The standard InChI is InChI=1S/C20H20N2O3/c23-20(22-12-14-7-9-21-10-8-14)13-24-15-5-6-19-17(11-15)16-3-1-2-4-18(16)25-19/h5-11H,1-4,12-13H2,(H,22,23). The van der Waals surface area contributed by atoms with E-state index in [1.165, 1.54) is 18.4 Å². The molecular weight excluding hydrogens is 316 g/mol. The predicted octanol–water partition coefficient (Wildman–Crippen LogP) is 3.40. The number of aromatic nitrogens is 1. The molecule has 0 unspecified atom stereocenters. The van der Waals surface area contributed by atoms with Crippen molar-refractivity contribution < 1.29 is 13.9 Å². The Kier molecular flexibility index (Phi) is 4.37. The average Bonchev–Trinajstić information content (AvgIpc) is 3.03. The number of rotatable bonds is 5. The number of pyridine rings is 1. The summed E-state index contributed by atoms with van der Waals surface area (Å²) in [5, 5.41) is 3.96. The van der Waals surface area contributed by atoms with Gasteiger partial charge in [0.25, 0.3) is 5.91 Å². The van der Waals surface area contributed by atoms with Gasteiger partial charge in [0.15, 0.2) is 6.61 Å². The molecule has 1 aliphatic carbocycles. The number of ether oxygens (including phenoxy) is 1. The first-order chi connectivity index (χ1) is 12.3. The molecule has 5 heteroatoms. The molecule has 0 atom stereocenters. The maximum absolute atomic E-state index is 12.0. The number of carbonyl (C=O) groups excluding carboxylic acids is 1. The molecule has 5 nitrogen and oxygen atoms in total. The van der Waals surface area contributed by atoms with E-state index >= 15 is 0 Å². The van der Waals surface area contributed by atoms with Gasteiger partial charge < -0.3 is 14.5 Å². The molecule has 0 fully saturated rings. The fraction of sp³-hybridized carbons (Fsp3) is 0.300. The normalized spacial score (nSPS) is 13.4. The molecule has 0 radical (unpaired) electrons.